The number of furan rings is 1. The molecule has 1 aliphatic heterocycles. The molecule has 0 saturated carbocycles. The summed E-state index contributed by atoms with van der Waals surface area (Å²) in [6.45, 7) is 3.97. The lowest BCUT2D eigenvalue weighted by atomic mass is 10.2. The fraction of sp³-hybridized carbons (Fsp3) is 0.556. The minimum absolute atomic E-state index is 0.500. The van der Waals surface area contributed by atoms with Crippen LogP contribution in [0.25, 0.3) is 0 Å². The first-order valence-corrected chi connectivity index (χ1v) is 4.37. The summed E-state index contributed by atoms with van der Waals surface area (Å²) >= 11 is 0. The molecule has 1 aliphatic rings. The second-order valence-corrected chi connectivity index (χ2v) is 3.26. The highest BCUT2D eigenvalue weighted by molar-refractivity contribution is 5.12. The van der Waals surface area contributed by atoms with Crippen LogP contribution in [-0.4, -0.2) is 18.0 Å². The zero-order valence-electron chi connectivity index (χ0n) is 7.12. The highest BCUT2D eigenvalue weighted by Gasteiger charge is 2.14. The van der Waals surface area contributed by atoms with E-state index in [2.05, 4.69) is 4.90 Å². The van der Waals surface area contributed by atoms with Crippen LogP contribution in [0.5, 0.6) is 0 Å². The van der Waals surface area contributed by atoms with Crippen molar-refractivity contribution in [2.24, 2.45) is 5.73 Å². The number of nitrogens with two attached hydrogens (primary N) is 1. The van der Waals surface area contributed by atoms with Gasteiger partial charge in [0, 0.05) is 12.1 Å². The van der Waals surface area contributed by atoms with E-state index < -0.39 is 0 Å². The Morgan fingerprint density at radius 2 is 2.33 bits per heavy atom. The number of hydrogen-bond donors (Lipinski definition) is 1. The topological polar surface area (TPSA) is 42.4 Å². The molecule has 2 heterocycles. The maximum Gasteiger partial charge on any atom is 0.117 e. The lowest BCUT2D eigenvalue weighted by Crippen LogP contribution is -2.36. The lowest BCUT2D eigenvalue weighted by molar-refractivity contribution is 0.172. The minimum Gasteiger partial charge on any atom is -0.468 e. The van der Waals surface area contributed by atoms with Crippen molar-refractivity contribution >= 4 is 0 Å². The Morgan fingerprint density at radius 1 is 1.50 bits per heavy atom. The van der Waals surface area contributed by atoms with E-state index >= 15 is 0 Å². The van der Waals surface area contributed by atoms with Crippen LogP contribution in [0.1, 0.15) is 17.7 Å². The summed E-state index contributed by atoms with van der Waals surface area (Å²) in [6, 6.07) is 2.04. The normalized spacial score (nSPS) is 17.8. The first kappa shape index (κ1) is 7.83. The van der Waals surface area contributed by atoms with Gasteiger partial charge in [-0.3, -0.25) is 4.90 Å². The first-order chi connectivity index (χ1) is 5.88. The largest absolute Gasteiger partial charge is 0.468 e. The Bertz CT molecular complexity index is 253. The van der Waals surface area contributed by atoms with Gasteiger partial charge in [0.2, 0.25) is 0 Å². The van der Waals surface area contributed by atoms with Gasteiger partial charge in [-0.1, -0.05) is 0 Å². The molecule has 0 aliphatic carbocycles. The van der Waals surface area contributed by atoms with Crippen LogP contribution in [0.3, 0.4) is 0 Å². The number of hydrogen-bond acceptors (Lipinski definition) is 3. The second kappa shape index (κ2) is 3.29. The Labute approximate surface area is 72.1 Å². The Balaban J connectivity index is 1.93. The average Bonchev–Trinajstić information content (AvgIpc) is 2.44. The highest BCUT2D eigenvalue weighted by Crippen LogP contribution is 2.14. The maximum absolute atomic E-state index is 5.43. The van der Waals surface area contributed by atoms with Gasteiger partial charge in [0.1, 0.15) is 5.76 Å². The van der Waals surface area contributed by atoms with Gasteiger partial charge in [0.25, 0.3) is 0 Å². The molecule has 0 radical (unpaired) electrons. The molecule has 2 N–H and O–H groups in total. The molecule has 3 heteroatoms. The van der Waals surface area contributed by atoms with Crippen molar-refractivity contribution in [3.05, 3.63) is 23.7 Å². The summed E-state index contributed by atoms with van der Waals surface area (Å²) in [5, 5.41) is 0. The molecule has 66 valence electrons. The quantitative estimate of drug-likeness (QED) is 0.726. The molecule has 2 rings (SSSR count). The molecule has 0 unspecified atom stereocenters. The van der Waals surface area contributed by atoms with Gasteiger partial charge in [-0.2, -0.15) is 0 Å². The van der Waals surface area contributed by atoms with Crippen molar-refractivity contribution in [2.75, 3.05) is 13.1 Å². The van der Waals surface area contributed by atoms with Crippen LogP contribution in [0.2, 0.25) is 0 Å². The maximum atomic E-state index is 5.43. The Kier molecular flexibility index (Phi) is 2.15. The molecule has 1 aromatic heterocycles. The van der Waals surface area contributed by atoms with Gasteiger partial charge in [-0.25, -0.2) is 0 Å². The van der Waals surface area contributed by atoms with Crippen LogP contribution in [0, 0.1) is 0 Å². The highest BCUT2D eigenvalue weighted by atomic mass is 16.3. The summed E-state index contributed by atoms with van der Waals surface area (Å²) in [5.41, 5.74) is 6.68. The minimum atomic E-state index is 0.500. The summed E-state index contributed by atoms with van der Waals surface area (Å²) < 4.78 is 5.23. The molecule has 0 aromatic carbocycles. The Morgan fingerprint density at radius 3 is 2.83 bits per heavy atom. The van der Waals surface area contributed by atoms with Crippen molar-refractivity contribution in [1.82, 2.24) is 4.90 Å². The molecule has 0 bridgehead atoms. The van der Waals surface area contributed by atoms with Crippen LogP contribution in [0.4, 0.5) is 0 Å². The zero-order chi connectivity index (χ0) is 8.39. The van der Waals surface area contributed by atoms with Crippen LogP contribution < -0.4 is 5.73 Å². The molecule has 1 aromatic rings. The SMILES string of the molecule is NCc1cc(CN2CCC2)co1. The number of nitrogens with zero attached hydrogens (tertiary/aromatic N) is 1. The van der Waals surface area contributed by atoms with Crippen molar-refractivity contribution in [2.45, 2.75) is 19.5 Å². The van der Waals surface area contributed by atoms with E-state index in [-0.39, 0.29) is 0 Å². The van der Waals surface area contributed by atoms with E-state index in [9.17, 15) is 0 Å². The smallest absolute Gasteiger partial charge is 0.117 e. The third-order valence-corrected chi connectivity index (χ3v) is 2.26. The van der Waals surface area contributed by atoms with E-state index in [1.807, 2.05) is 6.07 Å². The standard InChI is InChI=1S/C9H14N2O/c10-5-9-4-8(7-12-9)6-11-2-1-3-11/h4,7H,1-3,5-6,10H2. The molecule has 1 fully saturated rings. The summed E-state index contributed by atoms with van der Waals surface area (Å²) in [5.74, 6) is 0.880. The Hall–Kier alpha value is -0.800. The summed E-state index contributed by atoms with van der Waals surface area (Å²) in [7, 11) is 0. The van der Waals surface area contributed by atoms with Crippen molar-refractivity contribution < 1.29 is 4.42 Å². The third kappa shape index (κ3) is 1.52. The van der Waals surface area contributed by atoms with E-state index in [4.69, 9.17) is 10.2 Å². The van der Waals surface area contributed by atoms with Crippen LogP contribution in [0.15, 0.2) is 16.7 Å². The van der Waals surface area contributed by atoms with E-state index in [1.165, 1.54) is 25.1 Å². The van der Waals surface area contributed by atoms with Gasteiger partial charge >= 0.3 is 0 Å². The molecule has 0 amide bonds. The molecule has 3 nitrogen and oxygen atoms in total. The number of rotatable bonds is 3. The molecule has 1 saturated heterocycles. The van der Waals surface area contributed by atoms with Gasteiger partial charge in [0.15, 0.2) is 0 Å². The predicted octanol–water partition coefficient (Wildman–Crippen LogP) is 0.944. The second-order valence-electron chi connectivity index (χ2n) is 3.26. The van der Waals surface area contributed by atoms with E-state index in [0.29, 0.717) is 6.54 Å². The zero-order valence-corrected chi connectivity index (χ0v) is 7.12. The fourth-order valence-electron chi connectivity index (χ4n) is 1.41. The third-order valence-electron chi connectivity index (χ3n) is 2.26. The molecular weight excluding hydrogens is 152 g/mol. The van der Waals surface area contributed by atoms with Crippen molar-refractivity contribution in [3.63, 3.8) is 0 Å². The van der Waals surface area contributed by atoms with Crippen LogP contribution in [-0.2, 0) is 13.1 Å². The summed E-state index contributed by atoms with van der Waals surface area (Å²) in [4.78, 5) is 2.39. The van der Waals surface area contributed by atoms with Crippen LogP contribution >= 0.6 is 0 Å². The molecule has 0 atom stereocenters. The average molecular weight is 166 g/mol. The van der Waals surface area contributed by atoms with Crippen molar-refractivity contribution in [3.8, 4) is 0 Å². The van der Waals surface area contributed by atoms with Gasteiger partial charge < -0.3 is 10.2 Å². The summed E-state index contributed by atoms with van der Waals surface area (Å²) in [6.07, 6.45) is 3.14. The monoisotopic (exact) mass is 166 g/mol. The van der Waals surface area contributed by atoms with E-state index in [0.717, 1.165) is 12.3 Å². The predicted molar refractivity (Wildman–Crippen MR) is 46.5 cm³/mol. The van der Waals surface area contributed by atoms with Gasteiger partial charge in [-0.15, -0.1) is 0 Å². The molecular formula is C9H14N2O. The number of likely N-dealkylation sites (tertiary alicyclic amines) is 1. The van der Waals surface area contributed by atoms with Gasteiger partial charge in [0.05, 0.1) is 12.8 Å². The fourth-order valence-corrected chi connectivity index (χ4v) is 1.41. The molecule has 0 spiro atoms. The molecule has 12 heavy (non-hydrogen) atoms. The van der Waals surface area contributed by atoms with E-state index in [1.54, 1.807) is 6.26 Å². The van der Waals surface area contributed by atoms with Gasteiger partial charge in [-0.05, 0) is 25.6 Å². The first-order valence-electron chi connectivity index (χ1n) is 4.37. The van der Waals surface area contributed by atoms with Crippen molar-refractivity contribution in [1.29, 1.82) is 0 Å². The lowest BCUT2D eigenvalue weighted by Gasteiger charge is -2.29.